The van der Waals surface area contributed by atoms with E-state index in [4.69, 9.17) is 23.7 Å². The Hall–Kier alpha value is -2.93. The molecule has 0 aliphatic carbocycles. The molecule has 5 rings (SSSR count). The molecule has 3 aliphatic heterocycles. The highest BCUT2D eigenvalue weighted by atomic mass is 16.7. The van der Waals surface area contributed by atoms with Gasteiger partial charge in [-0.25, -0.2) is 4.79 Å². The molecule has 7 nitrogen and oxygen atoms in total. The maximum Gasteiger partial charge on any atom is 0.343 e. The molecule has 2 aromatic carbocycles. The molecular formula is C20H19NO6. The molecule has 2 aromatic rings. The van der Waals surface area contributed by atoms with Gasteiger partial charge in [0.15, 0.2) is 23.0 Å². The summed E-state index contributed by atoms with van der Waals surface area (Å²) in [4.78, 5) is 12.6. The second kappa shape index (κ2) is 6.06. The average molecular weight is 369 g/mol. The highest BCUT2D eigenvalue weighted by Crippen LogP contribution is 2.49. The summed E-state index contributed by atoms with van der Waals surface area (Å²) in [5, 5.41) is 3.49. The summed E-state index contributed by atoms with van der Waals surface area (Å²) < 4.78 is 27.6. The Morgan fingerprint density at radius 3 is 2.70 bits per heavy atom. The van der Waals surface area contributed by atoms with Crippen LogP contribution in [0.1, 0.15) is 39.2 Å². The van der Waals surface area contributed by atoms with E-state index in [2.05, 4.69) is 5.32 Å². The van der Waals surface area contributed by atoms with Gasteiger partial charge in [-0.3, -0.25) is 0 Å². The molecule has 2 atom stereocenters. The zero-order valence-corrected chi connectivity index (χ0v) is 15.0. The van der Waals surface area contributed by atoms with Gasteiger partial charge in [0.1, 0.15) is 11.7 Å². The first-order valence-electron chi connectivity index (χ1n) is 8.83. The van der Waals surface area contributed by atoms with E-state index in [1.165, 1.54) is 0 Å². The molecule has 0 aromatic heterocycles. The second-order valence-corrected chi connectivity index (χ2v) is 6.68. The predicted octanol–water partition coefficient (Wildman–Crippen LogP) is 2.53. The van der Waals surface area contributed by atoms with Crippen molar-refractivity contribution >= 4 is 5.97 Å². The maximum atomic E-state index is 12.6. The topological polar surface area (TPSA) is 75.3 Å². The summed E-state index contributed by atoms with van der Waals surface area (Å²) in [6.45, 7) is 0.895. The number of cyclic esters (lactones) is 1. The molecule has 1 N–H and O–H groups in total. The number of hydrogen-bond donors (Lipinski definition) is 1. The Labute approximate surface area is 156 Å². The lowest BCUT2D eigenvalue weighted by Crippen LogP contribution is -2.34. The summed E-state index contributed by atoms with van der Waals surface area (Å²) in [7, 11) is 3.24. The van der Waals surface area contributed by atoms with Crippen LogP contribution in [0, 0.1) is 0 Å². The largest absolute Gasteiger partial charge is 0.493 e. The van der Waals surface area contributed by atoms with Crippen molar-refractivity contribution in [3.05, 3.63) is 46.5 Å². The van der Waals surface area contributed by atoms with E-state index in [1.807, 2.05) is 24.3 Å². The highest BCUT2D eigenvalue weighted by molar-refractivity contribution is 5.98. The predicted molar refractivity (Wildman–Crippen MR) is 94.7 cm³/mol. The Bertz CT molecular complexity index is 941. The lowest BCUT2D eigenvalue weighted by atomic mass is 9.87. The molecule has 0 saturated heterocycles. The number of rotatable bonds is 3. The molecule has 3 aliphatic rings. The number of hydrogen-bond acceptors (Lipinski definition) is 7. The van der Waals surface area contributed by atoms with Crippen molar-refractivity contribution in [3.63, 3.8) is 0 Å². The average Bonchev–Trinajstić information content (AvgIpc) is 3.30. The zero-order valence-electron chi connectivity index (χ0n) is 15.0. The number of nitrogens with one attached hydrogen (secondary N) is 1. The van der Waals surface area contributed by atoms with Gasteiger partial charge in [0, 0.05) is 5.56 Å². The third-order valence-corrected chi connectivity index (χ3v) is 5.36. The summed E-state index contributed by atoms with van der Waals surface area (Å²) in [5.74, 6) is 2.02. The molecule has 0 fully saturated rings. The Morgan fingerprint density at radius 2 is 1.89 bits per heavy atom. The van der Waals surface area contributed by atoms with Crippen LogP contribution in [0.4, 0.5) is 0 Å². The lowest BCUT2D eigenvalue weighted by molar-refractivity contribution is 0.0284. The van der Waals surface area contributed by atoms with Gasteiger partial charge in [0.2, 0.25) is 6.79 Å². The lowest BCUT2D eigenvalue weighted by Gasteiger charge is -2.31. The Kier molecular flexibility index (Phi) is 3.65. The molecule has 0 amide bonds. The normalized spacial score (nSPS) is 22.1. The summed E-state index contributed by atoms with van der Waals surface area (Å²) >= 11 is 0. The fraction of sp³-hybridized carbons (Fsp3) is 0.350. The highest BCUT2D eigenvalue weighted by Gasteiger charge is 2.43. The van der Waals surface area contributed by atoms with Gasteiger partial charge in [0.25, 0.3) is 0 Å². The van der Waals surface area contributed by atoms with E-state index in [9.17, 15) is 4.79 Å². The van der Waals surface area contributed by atoms with Crippen LogP contribution in [-0.4, -0.2) is 33.5 Å². The summed E-state index contributed by atoms with van der Waals surface area (Å²) in [6, 6.07) is 7.49. The smallest absolute Gasteiger partial charge is 0.343 e. The number of carbonyl (C=O) groups excluding carboxylic acids is 1. The molecule has 2 unspecified atom stereocenters. The van der Waals surface area contributed by atoms with Crippen molar-refractivity contribution < 1.29 is 28.5 Å². The minimum absolute atomic E-state index is 0.116. The monoisotopic (exact) mass is 369 g/mol. The van der Waals surface area contributed by atoms with Gasteiger partial charge < -0.3 is 29.0 Å². The molecule has 7 heteroatoms. The molecule has 27 heavy (non-hydrogen) atoms. The van der Waals surface area contributed by atoms with E-state index in [1.54, 1.807) is 14.2 Å². The van der Waals surface area contributed by atoms with E-state index < -0.39 is 6.10 Å². The first-order chi connectivity index (χ1) is 13.2. The van der Waals surface area contributed by atoms with Crippen LogP contribution in [0.15, 0.2) is 24.3 Å². The van der Waals surface area contributed by atoms with E-state index >= 15 is 0 Å². The van der Waals surface area contributed by atoms with E-state index in [0.717, 1.165) is 29.7 Å². The number of benzene rings is 2. The number of esters is 1. The van der Waals surface area contributed by atoms with Gasteiger partial charge in [-0.1, -0.05) is 6.07 Å². The SMILES string of the molecule is COc1cc2c(cc1OC)C(C1OC(=O)c3c1ccc1c3OCO1)NCC2. The van der Waals surface area contributed by atoms with Crippen LogP contribution >= 0.6 is 0 Å². The van der Waals surface area contributed by atoms with Crippen molar-refractivity contribution in [2.24, 2.45) is 0 Å². The van der Waals surface area contributed by atoms with Crippen molar-refractivity contribution in [2.75, 3.05) is 27.6 Å². The summed E-state index contributed by atoms with van der Waals surface area (Å²) in [6.07, 6.45) is 0.417. The molecule has 0 saturated carbocycles. The fourth-order valence-electron chi connectivity index (χ4n) is 4.11. The third kappa shape index (κ3) is 2.35. The first-order valence-corrected chi connectivity index (χ1v) is 8.83. The number of fused-ring (bicyclic) bond motifs is 4. The first kappa shape index (κ1) is 16.3. The van der Waals surface area contributed by atoms with Crippen LogP contribution in [0.25, 0.3) is 0 Å². The van der Waals surface area contributed by atoms with E-state index in [0.29, 0.717) is 28.6 Å². The Morgan fingerprint density at radius 1 is 1.07 bits per heavy atom. The molecule has 0 spiro atoms. The van der Waals surface area contributed by atoms with Gasteiger partial charge in [-0.2, -0.15) is 0 Å². The minimum Gasteiger partial charge on any atom is -0.493 e. The number of ether oxygens (including phenoxy) is 5. The van der Waals surface area contributed by atoms with Crippen molar-refractivity contribution in [3.8, 4) is 23.0 Å². The van der Waals surface area contributed by atoms with Crippen LogP contribution < -0.4 is 24.3 Å². The van der Waals surface area contributed by atoms with Gasteiger partial charge in [0.05, 0.1) is 20.3 Å². The van der Waals surface area contributed by atoms with Crippen LogP contribution in [0.5, 0.6) is 23.0 Å². The zero-order chi connectivity index (χ0) is 18.5. The molecule has 0 bridgehead atoms. The standard InChI is InChI=1S/C20H19NO6/c1-23-14-7-10-5-6-21-17(12(10)8-15(14)24-2)18-11-3-4-13-19(26-9-25-13)16(11)20(22)27-18/h3-4,7-8,17-18,21H,5-6,9H2,1-2H3. The maximum absolute atomic E-state index is 12.6. The molecule has 140 valence electrons. The quantitative estimate of drug-likeness (QED) is 0.833. The Balaban J connectivity index is 1.60. The van der Waals surface area contributed by atoms with Gasteiger partial charge in [-0.15, -0.1) is 0 Å². The second-order valence-electron chi connectivity index (χ2n) is 6.68. The van der Waals surface area contributed by atoms with Crippen LogP contribution in [-0.2, 0) is 11.2 Å². The van der Waals surface area contributed by atoms with Gasteiger partial charge in [-0.05, 0) is 42.3 Å². The van der Waals surface area contributed by atoms with Crippen LogP contribution in [0.2, 0.25) is 0 Å². The summed E-state index contributed by atoms with van der Waals surface area (Å²) in [5.41, 5.74) is 3.47. The van der Waals surface area contributed by atoms with Crippen molar-refractivity contribution in [1.29, 1.82) is 0 Å². The molecular weight excluding hydrogens is 350 g/mol. The number of methoxy groups -OCH3 is 2. The molecule has 0 radical (unpaired) electrons. The van der Waals surface area contributed by atoms with E-state index in [-0.39, 0.29) is 18.8 Å². The van der Waals surface area contributed by atoms with Gasteiger partial charge >= 0.3 is 5.97 Å². The van der Waals surface area contributed by atoms with Crippen LogP contribution in [0.3, 0.4) is 0 Å². The van der Waals surface area contributed by atoms with Crippen molar-refractivity contribution in [1.82, 2.24) is 5.32 Å². The molecule has 3 heterocycles. The van der Waals surface area contributed by atoms with Crippen molar-refractivity contribution in [2.45, 2.75) is 18.6 Å². The minimum atomic E-state index is -0.445. The number of carbonyl (C=O) groups is 1. The third-order valence-electron chi connectivity index (χ3n) is 5.36. The fourth-order valence-corrected chi connectivity index (χ4v) is 4.11.